The van der Waals surface area contributed by atoms with Crippen LogP contribution in [0.1, 0.15) is 17.0 Å². The van der Waals surface area contributed by atoms with Crippen molar-refractivity contribution in [1.82, 2.24) is 0 Å². The Hall–Kier alpha value is -1.89. The Morgan fingerprint density at radius 3 is 2.20 bits per heavy atom. The highest BCUT2D eigenvalue weighted by atomic mass is 32.2. The number of rotatable bonds is 6. The second-order valence-electron chi connectivity index (χ2n) is 6.62. The molecule has 0 aliphatic heterocycles. The van der Waals surface area contributed by atoms with Crippen molar-refractivity contribution in [2.45, 2.75) is 23.0 Å². The molecule has 1 aliphatic rings. The molecule has 0 heterocycles. The maximum atomic E-state index is 13.2. The lowest BCUT2D eigenvalue weighted by Crippen LogP contribution is -2.27. The molecule has 3 rings (SSSR count). The van der Waals surface area contributed by atoms with E-state index in [1.165, 1.54) is 0 Å². The molecule has 5 nitrogen and oxygen atoms in total. The van der Waals surface area contributed by atoms with E-state index in [0.29, 0.717) is 5.75 Å². The summed E-state index contributed by atoms with van der Waals surface area (Å²) >= 11 is 0. The van der Waals surface area contributed by atoms with E-state index in [0.717, 1.165) is 11.1 Å². The molecule has 1 fully saturated rings. The van der Waals surface area contributed by atoms with E-state index in [4.69, 9.17) is 10.5 Å². The van der Waals surface area contributed by atoms with Gasteiger partial charge < -0.3 is 15.6 Å². The van der Waals surface area contributed by atoms with Crippen molar-refractivity contribution in [3.05, 3.63) is 59.7 Å². The van der Waals surface area contributed by atoms with Crippen LogP contribution in [0.2, 0.25) is 0 Å². The fraction of sp³-hybridized carbons (Fsp3) is 0.368. The number of methoxy groups -OCH3 is 1. The Kier molecular flexibility index (Phi) is 4.62. The second kappa shape index (κ2) is 6.44. The Bertz CT molecular complexity index is 840. The largest absolute Gasteiger partial charge is 0.497 e. The van der Waals surface area contributed by atoms with Gasteiger partial charge >= 0.3 is 0 Å². The van der Waals surface area contributed by atoms with Gasteiger partial charge in [-0.25, -0.2) is 8.42 Å². The fourth-order valence-corrected chi connectivity index (χ4v) is 6.08. The summed E-state index contributed by atoms with van der Waals surface area (Å²) in [5, 5.41) is 9.21. The standard InChI is InChI=1S/C19H23NO4S/c1-13-3-9-16(10-4-13)25(22,23)18-17(19(18,11-20)12-21)14-5-7-15(24-2)8-6-14/h3-10,17-18,21H,11-12,20H2,1-2H3/t17-,18+,19+/m1/s1. The van der Waals surface area contributed by atoms with E-state index in [-0.39, 0.29) is 24.0 Å². The molecular weight excluding hydrogens is 338 g/mol. The summed E-state index contributed by atoms with van der Waals surface area (Å²) in [6, 6.07) is 14.1. The highest BCUT2D eigenvalue weighted by Crippen LogP contribution is 2.63. The first-order valence-corrected chi connectivity index (χ1v) is 9.71. The van der Waals surface area contributed by atoms with Gasteiger partial charge in [-0.2, -0.15) is 0 Å². The van der Waals surface area contributed by atoms with E-state index in [2.05, 4.69) is 0 Å². The number of hydrogen-bond donors (Lipinski definition) is 2. The van der Waals surface area contributed by atoms with Gasteiger partial charge in [0.15, 0.2) is 9.84 Å². The fourth-order valence-electron chi connectivity index (χ4n) is 3.63. The average molecular weight is 361 g/mol. The van der Waals surface area contributed by atoms with Crippen molar-refractivity contribution in [1.29, 1.82) is 0 Å². The SMILES string of the molecule is COc1ccc([C@@H]2[C@H](S(=O)(=O)c3ccc(C)cc3)[C@@]2(CN)CO)cc1. The third kappa shape index (κ3) is 2.84. The first kappa shape index (κ1) is 17.9. The van der Waals surface area contributed by atoms with E-state index >= 15 is 0 Å². The lowest BCUT2D eigenvalue weighted by atomic mass is 10.00. The van der Waals surface area contributed by atoms with Crippen LogP contribution in [0.5, 0.6) is 5.75 Å². The van der Waals surface area contributed by atoms with Crippen molar-refractivity contribution in [2.24, 2.45) is 11.1 Å². The number of aliphatic hydroxyl groups is 1. The Morgan fingerprint density at radius 2 is 1.72 bits per heavy atom. The molecule has 0 amide bonds. The van der Waals surface area contributed by atoms with Crippen molar-refractivity contribution in [3.63, 3.8) is 0 Å². The topological polar surface area (TPSA) is 89.6 Å². The molecule has 3 atom stereocenters. The van der Waals surface area contributed by atoms with Crippen molar-refractivity contribution in [2.75, 3.05) is 20.3 Å². The monoisotopic (exact) mass is 361 g/mol. The van der Waals surface area contributed by atoms with Crippen LogP contribution in [0.4, 0.5) is 0 Å². The smallest absolute Gasteiger partial charge is 0.182 e. The minimum Gasteiger partial charge on any atom is -0.497 e. The van der Waals surface area contributed by atoms with Crippen LogP contribution in [-0.2, 0) is 9.84 Å². The quantitative estimate of drug-likeness (QED) is 0.820. The van der Waals surface area contributed by atoms with Crippen LogP contribution in [0.15, 0.2) is 53.4 Å². The molecule has 3 N–H and O–H groups in total. The summed E-state index contributed by atoms with van der Waals surface area (Å²) in [7, 11) is -2.02. The zero-order valence-electron chi connectivity index (χ0n) is 14.3. The molecule has 0 spiro atoms. The lowest BCUT2D eigenvalue weighted by Gasteiger charge is -2.12. The van der Waals surface area contributed by atoms with Gasteiger partial charge in [0.1, 0.15) is 5.75 Å². The van der Waals surface area contributed by atoms with E-state index in [1.54, 1.807) is 43.5 Å². The zero-order chi connectivity index (χ0) is 18.2. The third-order valence-corrected chi connectivity index (χ3v) is 7.55. The Morgan fingerprint density at radius 1 is 1.12 bits per heavy atom. The molecule has 0 bridgehead atoms. The van der Waals surface area contributed by atoms with Crippen LogP contribution < -0.4 is 10.5 Å². The predicted octanol–water partition coefficient (Wildman–Crippen LogP) is 1.88. The summed E-state index contributed by atoms with van der Waals surface area (Å²) in [4.78, 5) is 0.269. The van der Waals surface area contributed by atoms with Crippen LogP contribution in [0.25, 0.3) is 0 Å². The normalized spacial score (nSPS) is 25.6. The highest BCUT2D eigenvalue weighted by Gasteiger charge is 2.70. The number of aliphatic hydroxyl groups excluding tert-OH is 1. The van der Waals surface area contributed by atoms with E-state index in [9.17, 15) is 13.5 Å². The van der Waals surface area contributed by atoms with Crippen LogP contribution >= 0.6 is 0 Å². The molecule has 2 aromatic carbocycles. The molecule has 25 heavy (non-hydrogen) atoms. The van der Waals surface area contributed by atoms with Crippen LogP contribution in [-0.4, -0.2) is 39.0 Å². The minimum absolute atomic E-state index is 0.107. The molecule has 0 aromatic heterocycles. The Labute approximate surface area is 148 Å². The molecular formula is C19H23NO4S. The first-order valence-electron chi connectivity index (χ1n) is 8.16. The van der Waals surface area contributed by atoms with Crippen molar-refractivity contribution < 1.29 is 18.3 Å². The third-order valence-electron chi connectivity index (χ3n) is 5.21. The molecule has 2 aromatic rings. The molecule has 1 saturated carbocycles. The second-order valence-corrected chi connectivity index (χ2v) is 8.69. The number of sulfone groups is 1. The highest BCUT2D eigenvalue weighted by molar-refractivity contribution is 7.92. The summed E-state index contributed by atoms with van der Waals surface area (Å²) in [5.74, 6) is 0.365. The first-order chi connectivity index (χ1) is 11.9. The zero-order valence-corrected chi connectivity index (χ0v) is 15.2. The summed E-state index contributed by atoms with van der Waals surface area (Å²) < 4.78 is 31.5. The number of benzene rings is 2. The molecule has 1 aliphatic carbocycles. The van der Waals surface area contributed by atoms with Crippen molar-refractivity contribution >= 4 is 9.84 Å². The van der Waals surface area contributed by atoms with Gasteiger partial charge in [-0.1, -0.05) is 29.8 Å². The van der Waals surface area contributed by atoms with Crippen LogP contribution in [0, 0.1) is 12.3 Å². The number of hydrogen-bond acceptors (Lipinski definition) is 5. The van der Waals surface area contributed by atoms with Gasteiger partial charge in [0.2, 0.25) is 0 Å². The average Bonchev–Trinajstić information content (AvgIpc) is 3.33. The number of ether oxygens (including phenoxy) is 1. The van der Waals surface area contributed by atoms with Gasteiger partial charge in [-0.15, -0.1) is 0 Å². The lowest BCUT2D eigenvalue weighted by molar-refractivity contribution is 0.212. The summed E-state index contributed by atoms with van der Waals surface area (Å²) in [6.45, 7) is 1.75. The molecule has 134 valence electrons. The molecule has 0 saturated heterocycles. The number of nitrogens with two attached hydrogens (primary N) is 1. The molecule has 6 heteroatoms. The maximum Gasteiger partial charge on any atom is 0.182 e. The van der Waals surface area contributed by atoms with Gasteiger partial charge in [0, 0.05) is 17.9 Å². The minimum atomic E-state index is -3.60. The van der Waals surface area contributed by atoms with Gasteiger partial charge in [0.05, 0.1) is 23.9 Å². The summed E-state index contributed by atoms with van der Waals surface area (Å²) in [5.41, 5.74) is 6.90. The van der Waals surface area contributed by atoms with Gasteiger partial charge in [-0.3, -0.25) is 0 Å². The predicted molar refractivity (Wildman–Crippen MR) is 96.5 cm³/mol. The Balaban J connectivity index is 2.02. The maximum absolute atomic E-state index is 13.2. The summed E-state index contributed by atoms with van der Waals surface area (Å²) in [6.07, 6.45) is 0. The van der Waals surface area contributed by atoms with Gasteiger partial charge in [-0.05, 0) is 36.8 Å². The van der Waals surface area contributed by atoms with E-state index < -0.39 is 20.5 Å². The van der Waals surface area contributed by atoms with Gasteiger partial charge in [0.25, 0.3) is 0 Å². The van der Waals surface area contributed by atoms with E-state index in [1.807, 2.05) is 19.1 Å². The molecule has 0 unspecified atom stereocenters. The molecule has 0 radical (unpaired) electrons. The van der Waals surface area contributed by atoms with Crippen LogP contribution in [0.3, 0.4) is 0 Å². The van der Waals surface area contributed by atoms with Crippen molar-refractivity contribution in [3.8, 4) is 5.75 Å². The number of aryl methyl sites for hydroxylation is 1.